The number of carbonyl (C=O) groups excluding carboxylic acids is 2. The molecular formula is C24H48N2O2. The number of hydrogen-bond acceptors (Lipinski definition) is 2. The van der Waals surface area contributed by atoms with Crippen molar-refractivity contribution < 1.29 is 9.59 Å². The first-order chi connectivity index (χ1) is 13.7. The summed E-state index contributed by atoms with van der Waals surface area (Å²) in [5.74, 6) is 0.429. The van der Waals surface area contributed by atoms with Gasteiger partial charge < -0.3 is 10.6 Å². The summed E-state index contributed by atoms with van der Waals surface area (Å²) in [5, 5.41) is 5.79. The lowest BCUT2D eigenvalue weighted by Crippen LogP contribution is -2.23. The van der Waals surface area contributed by atoms with Gasteiger partial charge in [-0.15, -0.1) is 0 Å². The van der Waals surface area contributed by atoms with Crippen LogP contribution in [0.25, 0.3) is 0 Å². The van der Waals surface area contributed by atoms with Crippen LogP contribution in [0.1, 0.15) is 129 Å². The lowest BCUT2D eigenvalue weighted by molar-refractivity contribution is -0.122. The molecule has 0 saturated heterocycles. The highest BCUT2D eigenvalue weighted by atomic mass is 16.2. The fraction of sp³-hybridized carbons (Fsp3) is 0.917. The molecule has 0 aliphatic heterocycles. The molecule has 0 atom stereocenters. The van der Waals surface area contributed by atoms with Gasteiger partial charge in [0.05, 0.1) is 0 Å². The average molecular weight is 397 g/mol. The molecule has 0 radical (unpaired) electrons. The lowest BCUT2D eigenvalue weighted by Gasteiger charge is -2.04. The highest BCUT2D eigenvalue weighted by Crippen LogP contribution is 2.14. The normalized spacial score (nSPS) is 10.8. The quantitative estimate of drug-likeness (QED) is 0.224. The monoisotopic (exact) mass is 396 g/mol. The molecule has 28 heavy (non-hydrogen) atoms. The maximum absolute atomic E-state index is 11.5. The Bertz CT molecular complexity index is 359. The van der Waals surface area contributed by atoms with Gasteiger partial charge >= 0.3 is 0 Å². The summed E-state index contributed by atoms with van der Waals surface area (Å²) in [4.78, 5) is 22.8. The number of nitrogens with one attached hydrogen (secondary N) is 2. The molecule has 0 fully saturated rings. The fourth-order valence-electron chi connectivity index (χ4n) is 3.51. The molecule has 0 aliphatic rings. The third-order valence-corrected chi connectivity index (χ3v) is 5.25. The molecule has 4 nitrogen and oxygen atoms in total. The van der Waals surface area contributed by atoms with Gasteiger partial charge in [0.15, 0.2) is 0 Å². The molecule has 0 aromatic rings. The molecule has 0 aromatic heterocycles. The van der Waals surface area contributed by atoms with Crippen molar-refractivity contribution >= 4 is 11.8 Å². The van der Waals surface area contributed by atoms with Crippen molar-refractivity contribution in [3.05, 3.63) is 0 Å². The first-order valence-corrected chi connectivity index (χ1v) is 12.2. The summed E-state index contributed by atoms with van der Waals surface area (Å²) in [6.07, 6.45) is 21.7. The van der Waals surface area contributed by atoms with Crippen LogP contribution >= 0.6 is 0 Å². The second-order valence-corrected chi connectivity index (χ2v) is 8.11. The van der Waals surface area contributed by atoms with Crippen molar-refractivity contribution in [2.24, 2.45) is 0 Å². The molecular weight excluding hydrogens is 348 g/mol. The Morgan fingerprint density at radius 1 is 0.500 bits per heavy atom. The average Bonchev–Trinajstić information content (AvgIpc) is 2.68. The van der Waals surface area contributed by atoms with Crippen LogP contribution in [0, 0.1) is 0 Å². The van der Waals surface area contributed by atoms with E-state index >= 15 is 0 Å². The van der Waals surface area contributed by atoms with Gasteiger partial charge in [-0.05, 0) is 26.2 Å². The molecule has 0 unspecified atom stereocenters. The molecule has 0 aliphatic carbocycles. The minimum Gasteiger partial charge on any atom is -0.356 e. The summed E-state index contributed by atoms with van der Waals surface area (Å²) in [7, 11) is 0. The van der Waals surface area contributed by atoms with Crippen LogP contribution in [-0.4, -0.2) is 24.9 Å². The van der Waals surface area contributed by atoms with Gasteiger partial charge in [0, 0.05) is 25.9 Å². The van der Waals surface area contributed by atoms with Crippen LogP contribution in [0.4, 0.5) is 0 Å². The number of unbranched alkanes of at least 4 members (excludes halogenated alkanes) is 14. The van der Waals surface area contributed by atoms with Crippen LogP contribution in [0.5, 0.6) is 0 Å². The Hall–Kier alpha value is -1.06. The second-order valence-electron chi connectivity index (χ2n) is 8.11. The van der Waals surface area contributed by atoms with E-state index in [2.05, 4.69) is 17.6 Å². The van der Waals surface area contributed by atoms with Gasteiger partial charge in [-0.25, -0.2) is 0 Å². The number of carbonyl (C=O) groups is 2. The van der Waals surface area contributed by atoms with Gasteiger partial charge in [-0.1, -0.05) is 90.4 Å². The molecule has 4 heteroatoms. The summed E-state index contributed by atoms with van der Waals surface area (Å²) >= 11 is 0. The van der Waals surface area contributed by atoms with E-state index < -0.39 is 0 Å². The molecule has 2 N–H and O–H groups in total. The van der Waals surface area contributed by atoms with Crippen molar-refractivity contribution in [1.82, 2.24) is 10.6 Å². The highest BCUT2D eigenvalue weighted by molar-refractivity contribution is 5.76. The van der Waals surface area contributed by atoms with E-state index in [0.29, 0.717) is 12.8 Å². The Balaban J connectivity index is 3.10. The minimum atomic E-state index is 0.206. The highest BCUT2D eigenvalue weighted by Gasteiger charge is 2.00. The third-order valence-electron chi connectivity index (χ3n) is 5.25. The summed E-state index contributed by atoms with van der Waals surface area (Å²) in [6, 6.07) is 0. The van der Waals surface area contributed by atoms with Crippen LogP contribution < -0.4 is 10.6 Å². The summed E-state index contributed by atoms with van der Waals surface area (Å²) < 4.78 is 0. The largest absolute Gasteiger partial charge is 0.356 e. The van der Waals surface area contributed by atoms with Crippen molar-refractivity contribution in [2.75, 3.05) is 13.1 Å². The van der Waals surface area contributed by atoms with Gasteiger partial charge in [-0.3, -0.25) is 9.59 Å². The smallest absolute Gasteiger partial charge is 0.219 e. The zero-order chi connectivity index (χ0) is 20.7. The molecule has 2 amide bonds. The van der Waals surface area contributed by atoms with Crippen LogP contribution in [0.2, 0.25) is 0 Å². The summed E-state index contributed by atoms with van der Waals surface area (Å²) in [5.41, 5.74) is 0. The topological polar surface area (TPSA) is 58.2 Å². The van der Waals surface area contributed by atoms with Crippen LogP contribution in [0.15, 0.2) is 0 Å². The standard InChI is InChI=1S/C24H48N2O2/c1-3-22-26-24(28)21-19-17-15-13-11-9-7-5-6-8-10-12-14-16-18-20-23(27)25-4-2/h3-22H2,1-2H3,(H,25,27)(H,26,28). The van der Waals surface area contributed by atoms with Crippen molar-refractivity contribution in [1.29, 1.82) is 0 Å². The zero-order valence-electron chi connectivity index (χ0n) is 19.0. The number of amides is 2. The Labute approximate surface area is 175 Å². The SMILES string of the molecule is CCCNC(=O)CCCCCCCCCCCCCCCCCC(=O)NCC. The first-order valence-electron chi connectivity index (χ1n) is 12.2. The van der Waals surface area contributed by atoms with Gasteiger partial charge in [-0.2, -0.15) is 0 Å². The van der Waals surface area contributed by atoms with Crippen LogP contribution in [0.3, 0.4) is 0 Å². The molecule has 0 heterocycles. The van der Waals surface area contributed by atoms with E-state index in [4.69, 9.17) is 0 Å². The fourth-order valence-corrected chi connectivity index (χ4v) is 3.51. The maximum atomic E-state index is 11.5. The van der Waals surface area contributed by atoms with Gasteiger partial charge in [0.25, 0.3) is 0 Å². The summed E-state index contributed by atoms with van der Waals surface area (Å²) in [6.45, 7) is 5.62. The molecule has 0 aromatic carbocycles. The first kappa shape index (κ1) is 26.9. The van der Waals surface area contributed by atoms with E-state index in [1.54, 1.807) is 0 Å². The van der Waals surface area contributed by atoms with E-state index in [9.17, 15) is 9.59 Å². The van der Waals surface area contributed by atoms with Gasteiger partial charge in [0.1, 0.15) is 0 Å². The van der Waals surface area contributed by atoms with Gasteiger partial charge in [0.2, 0.25) is 11.8 Å². The minimum absolute atomic E-state index is 0.206. The number of hydrogen-bond donors (Lipinski definition) is 2. The molecule has 0 rings (SSSR count). The molecule has 0 bridgehead atoms. The van der Waals surface area contributed by atoms with Crippen LogP contribution in [-0.2, 0) is 9.59 Å². The molecule has 0 saturated carbocycles. The third kappa shape index (κ3) is 21.2. The molecule has 166 valence electrons. The van der Waals surface area contributed by atoms with E-state index in [-0.39, 0.29) is 11.8 Å². The predicted molar refractivity (Wildman–Crippen MR) is 120 cm³/mol. The molecule has 0 spiro atoms. The van der Waals surface area contributed by atoms with Crippen molar-refractivity contribution in [3.63, 3.8) is 0 Å². The maximum Gasteiger partial charge on any atom is 0.219 e. The van der Waals surface area contributed by atoms with E-state index in [1.165, 1.54) is 83.5 Å². The predicted octanol–water partition coefficient (Wildman–Crippen LogP) is 6.28. The van der Waals surface area contributed by atoms with Crippen molar-refractivity contribution in [3.8, 4) is 0 Å². The number of rotatable bonds is 21. The Morgan fingerprint density at radius 3 is 1.14 bits per heavy atom. The van der Waals surface area contributed by atoms with E-state index in [0.717, 1.165) is 32.4 Å². The lowest BCUT2D eigenvalue weighted by atomic mass is 10.0. The second kappa shape index (κ2) is 22.2. The zero-order valence-corrected chi connectivity index (χ0v) is 19.0. The Kier molecular flexibility index (Phi) is 21.4. The Morgan fingerprint density at radius 2 is 0.821 bits per heavy atom. The van der Waals surface area contributed by atoms with E-state index in [1.807, 2.05) is 6.92 Å². The van der Waals surface area contributed by atoms with Crippen molar-refractivity contribution in [2.45, 2.75) is 129 Å².